The smallest absolute Gasteiger partial charge is 0.153 e. The van der Waals surface area contributed by atoms with Crippen molar-refractivity contribution < 1.29 is 8.78 Å². The maximum atomic E-state index is 13.9. The Morgan fingerprint density at radius 1 is 1.28 bits per heavy atom. The van der Waals surface area contributed by atoms with Crippen LogP contribution in [-0.4, -0.2) is 17.2 Å². The molecule has 0 aliphatic heterocycles. The van der Waals surface area contributed by atoms with Crippen molar-refractivity contribution in [3.05, 3.63) is 34.3 Å². The topological polar surface area (TPSA) is 37.8 Å². The van der Waals surface area contributed by atoms with E-state index in [0.717, 1.165) is 0 Å². The average molecular weight is 269 g/mol. The molecular formula is C12H13F2N3S. The molecular weight excluding hydrogens is 256 g/mol. The third-order valence-corrected chi connectivity index (χ3v) is 3.87. The number of aromatic nitrogens is 2. The molecule has 0 fully saturated rings. The molecule has 0 aliphatic rings. The van der Waals surface area contributed by atoms with E-state index in [1.807, 2.05) is 6.92 Å². The number of halogens is 2. The summed E-state index contributed by atoms with van der Waals surface area (Å²) < 4.78 is 27.6. The molecule has 0 amide bonds. The van der Waals surface area contributed by atoms with E-state index in [4.69, 9.17) is 0 Å². The van der Waals surface area contributed by atoms with Gasteiger partial charge in [0.1, 0.15) is 16.6 Å². The molecule has 1 atom stereocenters. The monoisotopic (exact) mass is 269 g/mol. The summed E-state index contributed by atoms with van der Waals surface area (Å²) in [6.45, 7) is 3.50. The first kappa shape index (κ1) is 13.0. The molecule has 1 aromatic carbocycles. The first-order valence-corrected chi connectivity index (χ1v) is 6.32. The molecule has 1 aromatic heterocycles. The molecule has 0 saturated heterocycles. The summed E-state index contributed by atoms with van der Waals surface area (Å²) in [5.74, 6) is -1.19. The molecule has 96 valence electrons. The van der Waals surface area contributed by atoms with Crippen LogP contribution in [0.3, 0.4) is 0 Å². The standard InChI is InChI=1S/C12H13F2N3S/c1-6-4-5-8(13)9(10(6)14)12-17-16-11(18-12)7(2)15-3/h4-5,7,15H,1-3H3. The summed E-state index contributed by atoms with van der Waals surface area (Å²) >= 11 is 1.19. The Morgan fingerprint density at radius 3 is 2.67 bits per heavy atom. The highest BCUT2D eigenvalue weighted by atomic mass is 32.1. The van der Waals surface area contributed by atoms with Crippen LogP contribution in [0.4, 0.5) is 8.78 Å². The molecule has 2 rings (SSSR count). The van der Waals surface area contributed by atoms with E-state index in [0.29, 0.717) is 10.6 Å². The van der Waals surface area contributed by atoms with Crippen LogP contribution in [0.15, 0.2) is 12.1 Å². The molecule has 1 heterocycles. The zero-order chi connectivity index (χ0) is 13.3. The van der Waals surface area contributed by atoms with Crippen LogP contribution >= 0.6 is 11.3 Å². The first-order chi connectivity index (χ1) is 8.54. The zero-order valence-electron chi connectivity index (χ0n) is 10.3. The lowest BCUT2D eigenvalue weighted by Crippen LogP contribution is -2.11. The van der Waals surface area contributed by atoms with Gasteiger partial charge in [-0.3, -0.25) is 0 Å². The van der Waals surface area contributed by atoms with E-state index in [1.165, 1.54) is 23.5 Å². The summed E-state index contributed by atoms with van der Waals surface area (Å²) in [4.78, 5) is 0. The van der Waals surface area contributed by atoms with Crippen LogP contribution in [0.1, 0.15) is 23.5 Å². The van der Waals surface area contributed by atoms with Crippen LogP contribution in [0, 0.1) is 18.6 Å². The van der Waals surface area contributed by atoms with Gasteiger partial charge in [-0.1, -0.05) is 17.4 Å². The highest BCUT2D eigenvalue weighted by Crippen LogP contribution is 2.31. The second kappa shape index (κ2) is 5.07. The Kier molecular flexibility index (Phi) is 3.68. The minimum atomic E-state index is -0.613. The molecule has 6 heteroatoms. The van der Waals surface area contributed by atoms with Crippen molar-refractivity contribution in [1.82, 2.24) is 15.5 Å². The molecule has 0 spiro atoms. The molecule has 18 heavy (non-hydrogen) atoms. The second-order valence-electron chi connectivity index (χ2n) is 4.01. The number of hydrogen-bond donors (Lipinski definition) is 1. The normalized spacial score (nSPS) is 12.7. The maximum absolute atomic E-state index is 13.9. The van der Waals surface area contributed by atoms with Gasteiger partial charge in [0.2, 0.25) is 0 Å². The van der Waals surface area contributed by atoms with Crippen molar-refractivity contribution >= 4 is 11.3 Å². The van der Waals surface area contributed by atoms with E-state index in [1.54, 1.807) is 14.0 Å². The summed E-state index contributed by atoms with van der Waals surface area (Å²) in [5.41, 5.74) is 0.298. The lowest BCUT2D eigenvalue weighted by atomic mass is 10.1. The van der Waals surface area contributed by atoms with Gasteiger partial charge < -0.3 is 5.32 Å². The minimum absolute atomic E-state index is 0.00665. The zero-order valence-corrected chi connectivity index (χ0v) is 11.1. The number of hydrogen-bond acceptors (Lipinski definition) is 4. The summed E-state index contributed by atoms with van der Waals surface area (Å²) in [7, 11) is 1.79. The van der Waals surface area contributed by atoms with Crippen LogP contribution in [-0.2, 0) is 0 Å². The molecule has 1 N–H and O–H groups in total. The Morgan fingerprint density at radius 2 is 2.00 bits per heavy atom. The van der Waals surface area contributed by atoms with Crippen molar-refractivity contribution in [2.75, 3.05) is 7.05 Å². The Labute approximate surface area is 108 Å². The van der Waals surface area contributed by atoms with Gasteiger partial charge in [-0.25, -0.2) is 8.78 Å². The van der Waals surface area contributed by atoms with Gasteiger partial charge in [-0.2, -0.15) is 0 Å². The second-order valence-corrected chi connectivity index (χ2v) is 5.02. The molecule has 1 unspecified atom stereocenters. The van der Waals surface area contributed by atoms with Gasteiger partial charge in [-0.05, 0) is 32.5 Å². The summed E-state index contributed by atoms with van der Waals surface area (Å²) in [6.07, 6.45) is 0. The van der Waals surface area contributed by atoms with Gasteiger partial charge in [0, 0.05) is 0 Å². The Bertz CT molecular complexity index is 568. The molecule has 0 saturated carbocycles. The number of aryl methyl sites for hydroxylation is 1. The number of nitrogens with zero attached hydrogens (tertiary/aromatic N) is 2. The minimum Gasteiger partial charge on any atom is -0.311 e. The van der Waals surface area contributed by atoms with Crippen molar-refractivity contribution in [1.29, 1.82) is 0 Å². The molecule has 2 aromatic rings. The van der Waals surface area contributed by atoms with Crippen molar-refractivity contribution in [3.8, 4) is 10.6 Å². The van der Waals surface area contributed by atoms with Gasteiger partial charge in [-0.15, -0.1) is 10.2 Å². The van der Waals surface area contributed by atoms with Gasteiger partial charge in [0.05, 0.1) is 11.6 Å². The lowest BCUT2D eigenvalue weighted by molar-refractivity contribution is 0.583. The Balaban J connectivity index is 2.49. The quantitative estimate of drug-likeness (QED) is 0.930. The fourth-order valence-electron chi connectivity index (χ4n) is 1.49. The van der Waals surface area contributed by atoms with E-state index in [9.17, 15) is 8.78 Å². The van der Waals surface area contributed by atoms with Gasteiger partial charge in [0.15, 0.2) is 5.01 Å². The number of nitrogens with one attached hydrogen (secondary N) is 1. The van der Waals surface area contributed by atoms with Crippen LogP contribution in [0.2, 0.25) is 0 Å². The largest absolute Gasteiger partial charge is 0.311 e. The van der Waals surface area contributed by atoms with Gasteiger partial charge in [0.25, 0.3) is 0 Å². The first-order valence-electron chi connectivity index (χ1n) is 5.50. The van der Waals surface area contributed by atoms with Crippen molar-refractivity contribution in [2.24, 2.45) is 0 Å². The lowest BCUT2D eigenvalue weighted by Gasteiger charge is -2.04. The number of rotatable bonds is 3. The fourth-order valence-corrected chi connectivity index (χ4v) is 2.43. The third kappa shape index (κ3) is 2.26. The molecule has 0 bridgehead atoms. The van der Waals surface area contributed by atoms with Crippen LogP contribution in [0.5, 0.6) is 0 Å². The predicted molar refractivity (Wildman–Crippen MR) is 67.5 cm³/mol. The van der Waals surface area contributed by atoms with Crippen molar-refractivity contribution in [2.45, 2.75) is 19.9 Å². The molecule has 3 nitrogen and oxygen atoms in total. The van der Waals surface area contributed by atoms with E-state index in [2.05, 4.69) is 15.5 Å². The predicted octanol–water partition coefficient (Wildman–Crippen LogP) is 3.07. The molecule has 0 radical (unpaired) electrons. The average Bonchev–Trinajstić information content (AvgIpc) is 2.83. The highest BCUT2D eigenvalue weighted by Gasteiger charge is 2.19. The Hall–Kier alpha value is -1.40. The van der Waals surface area contributed by atoms with E-state index >= 15 is 0 Å². The van der Waals surface area contributed by atoms with Crippen LogP contribution < -0.4 is 5.32 Å². The maximum Gasteiger partial charge on any atom is 0.153 e. The summed E-state index contributed by atoms with van der Waals surface area (Å²) in [6, 6.07) is 2.66. The van der Waals surface area contributed by atoms with Crippen molar-refractivity contribution in [3.63, 3.8) is 0 Å². The molecule has 0 aliphatic carbocycles. The third-order valence-electron chi connectivity index (χ3n) is 2.74. The highest BCUT2D eigenvalue weighted by molar-refractivity contribution is 7.14. The van der Waals surface area contributed by atoms with Gasteiger partial charge >= 0.3 is 0 Å². The van der Waals surface area contributed by atoms with E-state index < -0.39 is 11.6 Å². The fraction of sp³-hybridized carbons (Fsp3) is 0.333. The number of benzene rings is 1. The van der Waals surface area contributed by atoms with E-state index in [-0.39, 0.29) is 16.6 Å². The SMILES string of the molecule is CNC(C)c1nnc(-c2c(F)ccc(C)c2F)s1. The van der Waals surface area contributed by atoms with Crippen LogP contribution in [0.25, 0.3) is 10.6 Å². The summed E-state index contributed by atoms with van der Waals surface area (Å²) in [5, 5.41) is 11.8.